The van der Waals surface area contributed by atoms with E-state index in [4.69, 9.17) is 9.84 Å². The van der Waals surface area contributed by atoms with Gasteiger partial charge in [0.25, 0.3) is 0 Å². The van der Waals surface area contributed by atoms with Gasteiger partial charge in [-0.25, -0.2) is 0 Å². The van der Waals surface area contributed by atoms with E-state index in [0.29, 0.717) is 0 Å². The molecule has 3 atom stereocenters. The van der Waals surface area contributed by atoms with Gasteiger partial charge in [0.2, 0.25) is 11.7 Å². The Morgan fingerprint density at radius 2 is 2.20 bits per heavy atom. The van der Waals surface area contributed by atoms with Crippen molar-refractivity contribution in [3.05, 3.63) is 0 Å². The third-order valence-electron chi connectivity index (χ3n) is 2.33. The smallest absolute Gasteiger partial charge is 0.217 e. The Morgan fingerprint density at radius 3 is 2.67 bits per heavy atom. The van der Waals surface area contributed by atoms with Crippen molar-refractivity contribution in [3.8, 4) is 0 Å². The Hall–Kier alpha value is -0.730. The summed E-state index contributed by atoms with van der Waals surface area (Å²) in [6.07, 6.45) is -2.74. The highest BCUT2D eigenvalue weighted by Crippen LogP contribution is 2.23. The van der Waals surface area contributed by atoms with E-state index in [-0.39, 0.29) is 6.61 Å². The van der Waals surface area contributed by atoms with Gasteiger partial charge in [-0.05, 0) is 0 Å². The van der Waals surface area contributed by atoms with Gasteiger partial charge in [-0.2, -0.15) is 0 Å². The summed E-state index contributed by atoms with van der Waals surface area (Å²) in [6, 6.07) is -1.12. The van der Waals surface area contributed by atoms with Crippen LogP contribution in [0.1, 0.15) is 6.92 Å². The van der Waals surface area contributed by atoms with E-state index in [9.17, 15) is 20.1 Å². The van der Waals surface area contributed by atoms with Gasteiger partial charge in [-0.3, -0.25) is 4.79 Å². The molecule has 1 saturated heterocycles. The zero-order valence-corrected chi connectivity index (χ0v) is 8.25. The monoisotopic (exact) mass is 221 g/mol. The summed E-state index contributed by atoms with van der Waals surface area (Å²) < 4.78 is 4.95. The molecule has 1 rings (SSSR count). The highest BCUT2D eigenvalue weighted by atomic mass is 16.6. The lowest BCUT2D eigenvalue weighted by atomic mass is 9.94. The van der Waals surface area contributed by atoms with Crippen molar-refractivity contribution in [2.24, 2.45) is 0 Å². The predicted molar refractivity (Wildman–Crippen MR) is 47.6 cm³/mol. The fourth-order valence-corrected chi connectivity index (χ4v) is 1.46. The van der Waals surface area contributed by atoms with E-state index in [1.165, 1.54) is 6.92 Å². The third kappa shape index (κ3) is 2.44. The van der Waals surface area contributed by atoms with Gasteiger partial charge in [-0.1, -0.05) is 0 Å². The molecule has 0 unspecified atom stereocenters. The molecule has 0 spiro atoms. The van der Waals surface area contributed by atoms with Crippen LogP contribution in [0, 0.1) is 0 Å². The quantitative estimate of drug-likeness (QED) is 0.316. The number of nitrogens with one attached hydrogen (secondary N) is 1. The van der Waals surface area contributed by atoms with Crippen LogP contribution >= 0.6 is 0 Å². The molecule has 5 N–H and O–H groups in total. The van der Waals surface area contributed by atoms with Crippen LogP contribution in [0.15, 0.2) is 0 Å². The van der Waals surface area contributed by atoms with Gasteiger partial charge < -0.3 is 30.5 Å². The minimum Gasteiger partial charge on any atom is -0.394 e. The molecule has 0 aromatic carbocycles. The van der Waals surface area contributed by atoms with Crippen molar-refractivity contribution in [1.29, 1.82) is 0 Å². The topological polar surface area (TPSA) is 119 Å². The van der Waals surface area contributed by atoms with E-state index in [0.717, 1.165) is 0 Å². The lowest BCUT2D eigenvalue weighted by molar-refractivity contribution is -0.303. The maximum atomic E-state index is 10.7. The second-order valence-corrected chi connectivity index (χ2v) is 3.54. The highest BCUT2D eigenvalue weighted by Gasteiger charge is 2.50. The first kappa shape index (κ1) is 12.3. The fourth-order valence-electron chi connectivity index (χ4n) is 1.46. The molecule has 0 saturated carbocycles. The molecule has 88 valence electrons. The highest BCUT2D eigenvalue weighted by molar-refractivity contribution is 5.73. The molecule has 7 nitrogen and oxygen atoms in total. The Labute approximate surface area is 86.3 Å². The number of amides is 1. The first-order valence-corrected chi connectivity index (χ1v) is 4.52. The Bertz CT molecular complexity index is 243. The summed E-state index contributed by atoms with van der Waals surface area (Å²) in [5.74, 6) is -2.97. The van der Waals surface area contributed by atoms with Crippen molar-refractivity contribution >= 4 is 5.91 Å². The molecule has 1 heterocycles. The second-order valence-electron chi connectivity index (χ2n) is 3.54. The molecule has 0 radical (unpaired) electrons. The maximum absolute atomic E-state index is 10.7. The zero-order valence-electron chi connectivity index (χ0n) is 8.25. The first-order chi connectivity index (χ1) is 6.89. The van der Waals surface area contributed by atoms with Crippen molar-refractivity contribution < 1.29 is 30.0 Å². The summed E-state index contributed by atoms with van der Waals surface area (Å²) in [4.78, 5) is 10.7. The zero-order chi connectivity index (χ0) is 11.6. The van der Waals surface area contributed by atoms with Crippen molar-refractivity contribution in [1.82, 2.24) is 5.32 Å². The van der Waals surface area contributed by atoms with Crippen LogP contribution in [-0.4, -0.2) is 63.6 Å². The third-order valence-corrected chi connectivity index (χ3v) is 2.33. The average Bonchev–Trinajstić information content (AvgIpc) is 2.14. The van der Waals surface area contributed by atoms with Gasteiger partial charge in [0.1, 0.15) is 18.2 Å². The summed E-state index contributed by atoms with van der Waals surface area (Å²) in [7, 11) is 0. The summed E-state index contributed by atoms with van der Waals surface area (Å²) in [6.45, 7) is 0.492. The van der Waals surface area contributed by atoms with E-state index in [1.807, 2.05) is 0 Å². The number of ether oxygens (including phenoxy) is 1. The number of aliphatic hydroxyl groups is 4. The summed E-state index contributed by atoms with van der Waals surface area (Å²) in [5, 5.41) is 39.6. The Balaban J connectivity index is 2.74. The van der Waals surface area contributed by atoms with Gasteiger partial charge in [0.05, 0.1) is 13.2 Å². The predicted octanol–water partition coefficient (Wildman–Crippen LogP) is -3.08. The Morgan fingerprint density at radius 1 is 1.60 bits per heavy atom. The van der Waals surface area contributed by atoms with E-state index < -0.39 is 36.6 Å². The molecule has 1 amide bonds. The van der Waals surface area contributed by atoms with E-state index in [1.54, 1.807) is 0 Å². The molecule has 15 heavy (non-hydrogen) atoms. The number of rotatable bonds is 2. The second kappa shape index (κ2) is 4.42. The summed E-state index contributed by atoms with van der Waals surface area (Å²) in [5.41, 5.74) is 0. The Kier molecular flexibility index (Phi) is 3.63. The number of aliphatic hydroxyl groups excluding tert-OH is 2. The summed E-state index contributed by atoms with van der Waals surface area (Å²) >= 11 is 0. The van der Waals surface area contributed by atoms with Gasteiger partial charge in [0.15, 0.2) is 0 Å². The van der Waals surface area contributed by atoms with Crippen molar-refractivity contribution in [2.75, 3.05) is 13.2 Å². The van der Waals surface area contributed by atoms with E-state index >= 15 is 0 Å². The van der Waals surface area contributed by atoms with Crippen LogP contribution < -0.4 is 5.32 Å². The van der Waals surface area contributed by atoms with Crippen LogP contribution in [0.4, 0.5) is 0 Å². The molecule has 7 heteroatoms. The van der Waals surface area contributed by atoms with Gasteiger partial charge in [0, 0.05) is 6.92 Å². The standard InChI is InChI=1S/C8H15NO6/c1-4(11)9-6-3-15-5(2-10)7(12)8(6,13)14/h5-7,10,12-14H,2-3H2,1H3,(H,9,11)/t5-,6+,7-/m1/s1. The van der Waals surface area contributed by atoms with Gasteiger partial charge >= 0.3 is 0 Å². The van der Waals surface area contributed by atoms with Crippen molar-refractivity contribution in [3.63, 3.8) is 0 Å². The minimum absolute atomic E-state index is 0.186. The van der Waals surface area contributed by atoms with E-state index in [2.05, 4.69) is 5.32 Å². The average molecular weight is 221 g/mol. The SMILES string of the molecule is CC(=O)N[C@H]1CO[C@H](CO)[C@@H](O)C1(O)O. The molecule has 1 aliphatic heterocycles. The fraction of sp³-hybridized carbons (Fsp3) is 0.875. The number of hydrogen-bond acceptors (Lipinski definition) is 6. The maximum Gasteiger partial charge on any atom is 0.217 e. The molecular formula is C8H15NO6. The number of hydrogen-bond donors (Lipinski definition) is 5. The largest absolute Gasteiger partial charge is 0.394 e. The van der Waals surface area contributed by atoms with Crippen LogP contribution in [0.3, 0.4) is 0 Å². The van der Waals surface area contributed by atoms with Crippen LogP contribution in [0.25, 0.3) is 0 Å². The first-order valence-electron chi connectivity index (χ1n) is 4.52. The van der Waals surface area contributed by atoms with Crippen LogP contribution in [0.5, 0.6) is 0 Å². The molecule has 0 bridgehead atoms. The molecule has 1 fully saturated rings. The molecule has 1 aliphatic rings. The van der Waals surface area contributed by atoms with Crippen LogP contribution in [-0.2, 0) is 9.53 Å². The molecule has 0 aromatic heterocycles. The number of carbonyl (C=O) groups excluding carboxylic acids is 1. The molecule has 0 aromatic rings. The van der Waals surface area contributed by atoms with Crippen LogP contribution in [0.2, 0.25) is 0 Å². The van der Waals surface area contributed by atoms with Crippen molar-refractivity contribution in [2.45, 2.75) is 31.0 Å². The normalized spacial score (nSPS) is 34.9. The lowest BCUT2D eigenvalue weighted by Gasteiger charge is -2.42. The minimum atomic E-state index is -2.50. The number of carbonyl (C=O) groups is 1. The lowest BCUT2D eigenvalue weighted by Crippen LogP contribution is -2.68. The molecular weight excluding hydrogens is 206 g/mol. The van der Waals surface area contributed by atoms with Gasteiger partial charge in [-0.15, -0.1) is 0 Å². The molecule has 0 aliphatic carbocycles.